The lowest BCUT2D eigenvalue weighted by atomic mass is 10.0. The number of amides is 1. The van der Waals surface area contributed by atoms with Crippen LogP contribution in [0.2, 0.25) is 0 Å². The number of aliphatic hydroxyl groups is 1. The second-order valence-electron chi connectivity index (χ2n) is 7.16. The largest absolute Gasteiger partial charge is 0.389 e. The van der Waals surface area contributed by atoms with Gasteiger partial charge in [0.15, 0.2) is 0 Å². The summed E-state index contributed by atoms with van der Waals surface area (Å²) in [5, 5.41) is 9.62. The van der Waals surface area contributed by atoms with Gasteiger partial charge in [0, 0.05) is 45.0 Å². The quantitative estimate of drug-likeness (QED) is 0.680. The van der Waals surface area contributed by atoms with E-state index in [1.54, 1.807) is 18.0 Å². The van der Waals surface area contributed by atoms with E-state index < -0.39 is 6.10 Å². The number of benzene rings is 2. The van der Waals surface area contributed by atoms with E-state index in [0.717, 1.165) is 35.4 Å². The molecule has 3 aromatic rings. The standard InChI is InChI=1S/C23H27N3O2/c1-17(27)18-6-8-19(9-7-18)20-10-12-21(13-11-20)23(28)26(3)15-4-5-22-24-14-16-25(22)2/h6-14,16-17,27H,4-5,15H2,1-3H3/t17-/m0/s1. The van der Waals surface area contributed by atoms with Gasteiger partial charge < -0.3 is 14.6 Å². The number of carbonyl (C=O) groups is 1. The van der Waals surface area contributed by atoms with Gasteiger partial charge in [-0.2, -0.15) is 0 Å². The van der Waals surface area contributed by atoms with Crippen molar-refractivity contribution in [2.24, 2.45) is 7.05 Å². The fourth-order valence-electron chi connectivity index (χ4n) is 3.19. The number of aryl methyl sites for hydroxylation is 2. The highest BCUT2D eigenvalue weighted by Gasteiger charge is 2.12. The van der Waals surface area contributed by atoms with Crippen LogP contribution in [0.5, 0.6) is 0 Å². The third-order valence-corrected chi connectivity index (χ3v) is 5.02. The minimum Gasteiger partial charge on any atom is -0.389 e. The molecular formula is C23H27N3O2. The normalized spacial score (nSPS) is 12.0. The summed E-state index contributed by atoms with van der Waals surface area (Å²) >= 11 is 0. The van der Waals surface area contributed by atoms with E-state index in [-0.39, 0.29) is 5.91 Å². The molecule has 1 aromatic heterocycles. The number of carbonyl (C=O) groups excluding carboxylic acids is 1. The van der Waals surface area contributed by atoms with Crippen molar-refractivity contribution in [1.29, 1.82) is 0 Å². The Balaban J connectivity index is 1.58. The second kappa shape index (κ2) is 8.85. The van der Waals surface area contributed by atoms with Crippen molar-refractivity contribution in [3.05, 3.63) is 77.9 Å². The van der Waals surface area contributed by atoms with Crippen LogP contribution in [0.4, 0.5) is 0 Å². The molecule has 146 valence electrons. The molecule has 0 saturated carbocycles. The SMILES string of the molecule is C[C@H](O)c1ccc(-c2ccc(C(=O)N(C)CCCc3nccn3C)cc2)cc1. The molecule has 5 nitrogen and oxygen atoms in total. The Morgan fingerprint density at radius 2 is 1.71 bits per heavy atom. The monoisotopic (exact) mass is 377 g/mol. The highest BCUT2D eigenvalue weighted by molar-refractivity contribution is 5.94. The number of aromatic nitrogens is 2. The highest BCUT2D eigenvalue weighted by Crippen LogP contribution is 2.22. The van der Waals surface area contributed by atoms with E-state index in [1.165, 1.54) is 0 Å². The number of aliphatic hydroxyl groups excluding tert-OH is 1. The molecule has 0 aliphatic heterocycles. The first-order valence-corrected chi connectivity index (χ1v) is 9.56. The average Bonchev–Trinajstić information content (AvgIpc) is 3.12. The summed E-state index contributed by atoms with van der Waals surface area (Å²) in [4.78, 5) is 18.7. The van der Waals surface area contributed by atoms with Crippen LogP contribution < -0.4 is 0 Å². The maximum atomic E-state index is 12.6. The summed E-state index contributed by atoms with van der Waals surface area (Å²) in [6.45, 7) is 2.44. The van der Waals surface area contributed by atoms with E-state index in [0.29, 0.717) is 12.1 Å². The summed E-state index contributed by atoms with van der Waals surface area (Å²) in [5.74, 6) is 1.06. The van der Waals surface area contributed by atoms with Crippen molar-refractivity contribution in [3.63, 3.8) is 0 Å². The fourth-order valence-corrected chi connectivity index (χ4v) is 3.19. The first-order chi connectivity index (χ1) is 13.5. The zero-order valence-corrected chi connectivity index (χ0v) is 16.7. The van der Waals surface area contributed by atoms with Gasteiger partial charge in [0.1, 0.15) is 5.82 Å². The Labute approximate surface area is 166 Å². The lowest BCUT2D eigenvalue weighted by Crippen LogP contribution is -2.28. The van der Waals surface area contributed by atoms with E-state index in [9.17, 15) is 9.90 Å². The summed E-state index contributed by atoms with van der Waals surface area (Å²) in [7, 11) is 3.82. The van der Waals surface area contributed by atoms with Crippen molar-refractivity contribution in [2.45, 2.75) is 25.9 Å². The van der Waals surface area contributed by atoms with Gasteiger partial charge in [-0.3, -0.25) is 4.79 Å². The summed E-state index contributed by atoms with van der Waals surface area (Å²) in [6.07, 6.45) is 4.98. The molecule has 0 fully saturated rings. The van der Waals surface area contributed by atoms with Gasteiger partial charge in [-0.05, 0) is 42.2 Å². The van der Waals surface area contributed by atoms with E-state index in [4.69, 9.17) is 0 Å². The molecule has 0 saturated heterocycles. The van der Waals surface area contributed by atoms with Gasteiger partial charge in [-0.1, -0.05) is 36.4 Å². The van der Waals surface area contributed by atoms with Crippen LogP contribution in [0.15, 0.2) is 60.9 Å². The van der Waals surface area contributed by atoms with E-state index in [2.05, 4.69) is 4.98 Å². The van der Waals surface area contributed by atoms with Crippen LogP contribution in [0.1, 0.15) is 41.2 Å². The molecular weight excluding hydrogens is 350 g/mol. The first-order valence-electron chi connectivity index (χ1n) is 9.56. The van der Waals surface area contributed by atoms with Crippen molar-refractivity contribution in [1.82, 2.24) is 14.5 Å². The number of imidazole rings is 1. The maximum Gasteiger partial charge on any atom is 0.253 e. The van der Waals surface area contributed by atoms with Gasteiger partial charge in [0.25, 0.3) is 5.91 Å². The average molecular weight is 377 g/mol. The minimum atomic E-state index is -0.470. The smallest absolute Gasteiger partial charge is 0.253 e. The molecule has 1 atom stereocenters. The molecule has 0 unspecified atom stereocenters. The molecule has 0 spiro atoms. The molecule has 0 bridgehead atoms. The molecule has 5 heteroatoms. The molecule has 0 radical (unpaired) electrons. The van der Waals surface area contributed by atoms with Crippen LogP contribution in [0.25, 0.3) is 11.1 Å². The first kappa shape index (κ1) is 19.8. The lowest BCUT2D eigenvalue weighted by Gasteiger charge is -2.17. The molecule has 0 aliphatic rings. The van der Waals surface area contributed by atoms with E-state index >= 15 is 0 Å². The third kappa shape index (κ3) is 4.67. The Hall–Kier alpha value is -2.92. The van der Waals surface area contributed by atoms with Crippen LogP contribution >= 0.6 is 0 Å². The molecule has 3 rings (SSSR count). The summed E-state index contributed by atoms with van der Waals surface area (Å²) < 4.78 is 2.01. The highest BCUT2D eigenvalue weighted by atomic mass is 16.3. The second-order valence-corrected chi connectivity index (χ2v) is 7.16. The molecule has 1 heterocycles. The molecule has 2 aromatic carbocycles. The molecule has 28 heavy (non-hydrogen) atoms. The van der Waals surface area contributed by atoms with Crippen molar-refractivity contribution in [2.75, 3.05) is 13.6 Å². The molecule has 1 N–H and O–H groups in total. The summed E-state index contributed by atoms with van der Waals surface area (Å²) in [6, 6.07) is 15.5. The molecule has 0 aliphatic carbocycles. The van der Waals surface area contributed by atoms with Crippen molar-refractivity contribution < 1.29 is 9.90 Å². The van der Waals surface area contributed by atoms with Crippen LogP contribution in [0, 0.1) is 0 Å². The number of nitrogens with zero attached hydrogens (tertiary/aromatic N) is 3. The third-order valence-electron chi connectivity index (χ3n) is 5.02. The van der Waals surface area contributed by atoms with Crippen molar-refractivity contribution >= 4 is 5.91 Å². The Kier molecular flexibility index (Phi) is 6.26. The number of hydrogen-bond donors (Lipinski definition) is 1. The van der Waals surface area contributed by atoms with Gasteiger partial charge >= 0.3 is 0 Å². The predicted octanol–water partition coefficient (Wildman–Crippen LogP) is 3.85. The Morgan fingerprint density at radius 3 is 2.25 bits per heavy atom. The number of hydrogen-bond acceptors (Lipinski definition) is 3. The summed E-state index contributed by atoms with van der Waals surface area (Å²) in [5.41, 5.74) is 3.68. The van der Waals surface area contributed by atoms with Crippen LogP contribution in [0.3, 0.4) is 0 Å². The topological polar surface area (TPSA) is 58.4 Å². The van der Waals surface area contributed by atoms with Crippen molar-refractivity contribution in [3.8, 4) is 11.1 Å². The van der Waals surface area contributed by atoms with Gasteiger partial charge in [0.05, 0.1) is 6.10 Å². The minimum absolute atomic E-state index is 0.0239. The Morgan fingerprint density at radius 1 is 1.11 bits per heavy atom. The number of rotatable bonds is 7. The zero-order valence-electron chi connectivity index (χ0n) is 16.7. The Bertz CT molecular complexity index is 912. The maximum absolute atomic E-state index is 12.6. The lowest BCUT2D eigenvalue weighted by molar-refractivity contribution is 0.0793. The van der Waals surface area contributed by atoms with Gasteiger partial charge in [-0.25, -0.2) is 4.98 Å². The molecule has 1 amide bonds. The predicted molar refractivity (Wildman–Crippen MR) is 111 cm³/mol. The van der Waals surface area contributed by atoms with Gasteiger partial charge in [-0.15, -0.1) is 0 Å². The van der Waals surface area contributed by atoms with Crippen LogP contribution in [-0.2, 0) is 13.5 Å². The van der Waals surface area contributed by atoms with E-state index in [1.807, 2.05) is 73.4 Å². The van der Waals surface area contributed by atoms with Gasteiger partial charge in [0.2, 0.25) is 0 Å². The zero-order chi connectivity index (χ0) is 20.1. The van der Waals surface area contributed by atoms with Crippen LogP contribution in [-0.4, -0.2) is 39.1 Å². The fraction of sp³-hybridized carbons (Fsp3) is 0.304.